The van der Waals surface area contributed by atoms with Crippen LogP contribution in [0, 0.1) is 0 Å². The molecule has 0 radical (unpaired) electrons. The molecule has 1 aliphatic heterocycles. The van der Waals surface area contributed by atoms with E-state index < -0.39 is 5.97 Å². The van der Waals surface area contributed by atoms with Crippen molar-refractivity contribution in [2.24, 2.45) is 0 Å². The van der Waals surface area contributed by atoms with Crippen LogP contribution in [-0.4, -0.2) is 98.9 Å². The van der Waals surface area contributed by atoms with Crippen LogP contribution in [0.25, 0.3) is 0 Å². The van der Waals surface area contributed by atoms with Gasteiger partial charge in [-0.15, -0.1) is 0 Å². The molecule has 0 aromatic rings. The Balaban J connectivity index is 2.42. The topological polar surface area (TPSA) is 56.3 Å². The molecule has 18 heavy (non-hydrogen) atoms. The molecular weight excluding hydrogens is 234 g/mol. The fourth-order valence-electron chi connectivity index (χ4n) is 1.85. The Kier molecular flexibility index (Phi) is 7.19. The number of nitrogens with zero attached hydrogens (tertiary/aromatic N) is 3. The molecule has 0 atom stereocenters. The third-order valence-electron chi connectivity index (χ3n) is 3.19. The second kappa shape index (κ2) is 8.42. The molecule has 6 heteroatoms. The maximum Gasteiger partial charge on any atom is 0.317 e. The van der Waals surface area contributed by atoms with E-state index in [2.05, 4.69) is 23.9 Å². The number of carbonyl (C=O) groups is 1. The SMILES string of the molecule is CN1CCOCCN(CC(=O)O)CCN(C)CC1. The van der Waals surface area contributed by atoms with Crippen LogP contribution in [0.1, 0.15) is 0 Å². The van der Waals surface area contributed by atoms with Gasteiger partial charge in [0, 0.05) is 39.3 Å². The van der Waals surface area contributed by atoms with Crippen molar-refractivity contribution >= 4 is 5.97 Å². The molecule has 0 bridgehead atoms. The lowest BCUT2D eigenvalue weighted by Gasteiger charge is -2.27. The molecule has 1 N–H and O–H groups in total. The summed E-state index contributed by atoms with van der Waals surface area (Å²) < 4.78 is 5.53. The monoisotopic (exact) mass is 259 g/mol. The Labute approximate surface area is 109 Å². The van der Waals surface area contributed by atoms with Gasteiger partial charge in [0.05, 0.1) is 19.8 Å². The largest absolute Gasteiger partial charge is 0.480 e. The van der Waals surface area contributed by atoms with E-state index in [-0.39, 0.29) is 6.54 Å². The van der Waals surface area contributed by atoms with Gasteiger partial charge in [-0.05, 0) is 14.1 Å². The third-order valence-corrected chi connectivity index (χ3v) is 3.19. The number of rotatable bonds is 2. The number of aliphatic carboxylic acids is 1. The van der Waals surface area contributed by atoms with Gasteiger partial charge in [0.1, 0.15) is 0 Å². The summed E-state index contributed by atoms with van der Waals surface area (Å²) in [5.41, 5.74) is 0. The highest BCUT2D eigenvalue weighted by atomic mass is 16.5. The molecule has 0 unspecified atom stereocenters. The van der Waals surface area contributed by atoms with E-state index in [1.165, 1.54) is 0 Å². The quantitative estimate of drug-likeness (QED) is 0.705. The lowest BCUT2D eigenvalue weighted by Crippen LogP contribution is -2.41. The fourth-order valence-corrected chi connectivity index (χ4v) is 1.85. The Hall–Kier alpha value is -0.690. The van der Waals surface area contributed by atoms with E-state index in [0.717, 1.165) is 32.7 Å². The summed E-state index contributed by atoms with van der Waals surface area (Å²) in [6.07, 6.45) is 0. The fraction of sp³-hybridized carbons (Fsp3) is 0.917. The van der Waals surface area contributed by atoms with Gasteiger partial charge in [0.25, 0.3) is 0 Å². The number of carboxylic acid groups (broad SMARTS) is 1. The van der Waals surface area contributed by atoms with Crippen molar-refractivity contribution in [3.05, 3.63) is 0 Å². The summed E-state index contributed by atoms with van der Waals surface area (Å²) in [4.78, 5) is 17.2. The number of hydrogen-bond acceptors (Lipinski definition) is 5. The summed E-state index contributed by atoms with van der Waals surface area (Å²) in [6.45, 7) is 6.69. The summed E-state index contributed by atoms with van der Waals surface area (Å²) in [5, 5.41) is 8.85. The minimum absolute atomic E-state index is 0.0943. The van der Waals surface area contributed by atoms with Crippen LogP contribution < -0.4 is 0 Å². The molecule has 1 saturated heterocycles. The van der Waals surface area contributed by atoms with Crippen LogP contribution in [-0.2, 0) is 9.53 Å². The molecule has 0 amide bonds. The van der Waals surface area contributed by atoms with Gasteiger partial charge in [0.15, 0.2) is 0 Å². The van der Waals surface area contributed by atoms with E-state index in [0.29, 0.717) is 19.8 Å². The number of hydrogen-bond donors (Lipinski definition) is 1. The second-order valence-corrected chi connectivity index (χ2v) is 4.89. The Morgan fingerprint density at radius 2 is 1.56 bits per heavy atom. The number of likely N-dealkylation sites (N-methyl/N-ethyl adjacent to an activating group) is 2. The van der Waals surface area contributed by atoms with Crippen LogP contribution in [0.5, 0.6) is 0 Å². The zero-order valence-corrected chi connectivity index (χ0v) is 11.5. The van der Waals surface area contributed by atoms with E-state index in [1.54, 1.807) is 0 Å². The maximum absolute atomic E-state index is 10.8. The first-order valence-electron chi connectivity index (χ1n) is 6.47. The van der Waals surface area contributed by atoms with Crippen LogP contribution >= 0.6 is 0 Å². The molecule has 6 nitrogen and oxygen atoms in total. The zero-order chi connectivity index (χ0) is 13.4. The first-order chi connectivity index (χ1) is 8.58. The molecule has 0 aromatic carbocycles. The lowest BCUT2D eigenvalue weighted by atomic mass is 10.4. The molecule has 106 valence electrons. The summed E-state index contributed by atoms with van der Waals surface area (Å²) in [7, 11) is 4.18. The first-order valence-corrected chi connectivity index (χ1v) is 6.47. The highest BCUT2D eigenvalue weighted by molar-refractivity contribution is 5.69. The summed E-state index contributed by atoms with van der Waals surface area (Å²) in [5.74, 6) is -0.774. The van der Waals surface area contributed by atoms with Crippen molar-refractivity contribution in [3.63, 3.8) is 0 Å². The van der Waals surface area contributed by atoms with Crippen molar-refractivity contribution in [2.75, 3.05) is 73.1 Å². The van der Waals surface area contributed by atoms with Gasteiger partial charge in [-0.25, -0.2) is 0 Å². The summed E-state index contributed by atoms with van der Waals surface area (Å²) >= 11 is 0. The van der Waals surface area contributed by atoms with Gasteiger partial charge >= 0.3 is 5.97 Å². The highest BCUT2D eigenvalue weighted by Gasteiger charge is 2.12. The van der Waals surface area contributed by atoms with Gasteiger partial charge < -0.3 is 19.6 Å². The molecule has 0 spiro atoms. The van der Waals surface area contributed by atoms with E-state index in [1.807, 2.05) is 4.90 Å². The molecule has 1 fully saturated rings. The van der Waals surface area contributed by atoms with Crippen LogP contribution in [0.15, 0.2) is 0 Å². The van der Waals surface area contributed by atoms with Crippen molar-refractivity contribution in [2.45, 2.75) is 0 Å². The molecule has 0 aliphatic carbocycles. The van der Waals surface area contributed by atoms with Gasteiger partial charge in [-0.1, -0.05) is 0 Å². The first kappa shape index (κ1) is 15.4. The molecule has 0 aromatic heterocycles. The van der Waals surface area contributed by atoms with E-state index in [4.69, 9.17) is 9.84 Å². The predicted octanol–water partition coefficient (Wildman–Crippen LogP) is -0.733. The lowest BCUT2D eigenvalue weighted by molar-refractivity contribution is -0.138. The highest BCUT2D eigenvalue weighted by Crippen LogP contribution is 1.95. The summed E-state index contributed by atoms with van der Waals surface area (Å²) in [6, 6.07) is 0. The van der Waals surface area contributed by atoms with Crippen LogP contribution in [0.3, 0.4) is 0 Å². The molecule has 1 aliphatic rings. The molecule has 0 saturated carbocycles. The minimum atomic E-state index is -0.774. The normalized spacial score (nSPS) is 23.2. The van der Waals surface area contributed by atoms with Gasteiger partial charge in [-0.3, -0.25) is 9.69 Å². The average Bonchev–Trinajstić information content (AvgIpc) is 2.30. The number of ether oxygens (including phenoxy) is 1. The van der Waals surface area contributed by atoms with Crippen LogP contribution in [0.2, 0.25) is 0 Å². The van der Waals surface area contributed by atoms with Crippen molar-refractivity contribution < 1.29 is 14.6 Å². The second-order valence-electron chi connectivity index (χ2n) is 4.89. The van der Waals surface area contributed by atoms with E-state index in [9.17, 15) is 4.79 Å². The smallest absolute Gasteiger partial charge is 0.317 e. The third kappa shape index (κ3) is 6.90. The van der Waals surface area contributed by atoms with E-state index >= 15 is 0 Å². The minimum Gasteiger partial charge on any atom is -0.480 e. The Bertz CT molecular complexity index is 251. The average molecular weight is 259 g/mol. The maximum atomic E-state index is 10.8. The van der Waals surface area contributed by atoms with Gasteiger partial charge in [-0.2, -0.15) is 0 Å². The molecule has 1 heterocycles. The molecule has 1 rings (SSSR count). The Morgan fingerprint density at radius 3 is 2.22 bits per heavy atom. The predicted molar refractivity (Wildman–Crippen MR) is 69.9 cm³/mol. The van der Waals surface area contributed by atoms with Crippen LogP contribution in [0.4, 0.5) is 0 Å². The Morgan fingerprint density at radius 1 is 1.00 bits per heavy atom. The number of carboxylic acids is 1. The van der Waals surface area contributed by atoms with Gasteiger partial charge in [0.2, 0.25) is 0 Å². The van der Waals surface area contributed by atoms with Crippen molar-refractivity contribution in [1.29, 1.82) is 0 Å². The standard InChI is InChI=1S/C12H25N3O3/c1-13-3-4-14(2)7-9-18-10-8-15(6-5-13)11-12(16)17/h3-11H2,1-2H3,(H,16,17). The zero-order valence-electron chi connectivity index (χ0n) is 11.5. The van der Waals surface area contributed by atoms with Crippen molar-refractivity contribution in [3.8, 4) is 0 Å². The molecular formula is C12H25N3O3. The van der Waals surface area contributed by atoms with Crippen molar-refractivity contribution in [1.82, 2.24) is 14.7 Å².